The Balaban J connectivity index is 1.92. The van der Waals surface area contributed by atoms with Gasteiger partial charge in [0.1, 0.15) is 0 Å². The zero-order chi connectivity index (χ0) is 11.4. The summed E-state index contributed by atoms with van der Waals surface area (Å²) in [5, 5.41) is 3.10. The van der Waals surface area contributed by atoms with Crippen molar-refractivity contribution in [2.75, 3.05) is 0 Å². The first-order chi connectivity index (χ1) is 7.77. The van der Waals surface area contributed by atoms with Gasteiger partial charge in [0.25, 0.3) is 5.91 Å². The Hall–Kier alpha value is -1.31. The molecule has 0 bridgehead atoms. The number of amides is 1. The number of hydrogen-bond donors (Lipinski definition) is 1. The van der Waals surface area contributed by atoms with Gasteiger partial charge in [-0.05, 0) is 37.8 Å². The highest BCUT2D eigenvalue weighted by atomic mass is 16.1. The Labute approximate surface area is 97.1 Å². The molecular weight excluding hydrogens is 198 g/mol. The quantitative estimate of drug-likeness (QED) is 0.828. The zero-order valence-electron chi connectivity index (χ0n) is 9.78. The molecule has 1 atom stereocenters. The minimum Gasteiger partial charge on any atom is -0.349 e. The molecule has 1 fully saturated rings. The summed E-state index contributed by atoms with van der Waals surface area (Å²) in [5.74, 6) is 0.729. The van der Waals surface area contributed by atoms with E-state index in [9.17, 15) is 4.79 Å². The monoisotopic (exact) mass is 217 g/mol. The molecule has 0 unspecified atom stereocenters. The van der Waals surface area contributed by atoms with Crippen LogP contribution in [-0.2, 0) is 0 Å². The molecule has 1 amide bonds. The van der Waals surface area contributed by atoms with Crippen LogP contribution in [0.25, 0.3) is 0 Å². The molecule has 1 aromatic carbocycles. The third-order valence-electron chi connectivity index (χ3n) is 3.50. The van der Waals surface area contributed by atoms with Crippen molar-refractivity contribution in [1.82, 2.24) is 5.32 Å². The average Bonchev–Trinajstić information content (AvgIpc) is 2.83. The van der Waals surface area contributed by atoms with Crippen molar-refractivity contribution >= 4 is 5.91 Å². The smallest absolute Gasteiger partial charge is 0.251 e. The van der Waals surface area contributed by atoms with Gasteiger partial charge in [0, 0.05) is 11.6 Å². The number of carbonyl (C=O) groups is 1. The van der Waals surface area contributed by atoms with E-state index in [1.165, 1.54) is 25.7 Å². The van der Waals surface area contributed by atoms with Gasteiger partial charge >= 0.3 is 0 Å². The minimum absolute atomic E-state index is 0.0556. The summed E-state index contributed by atoms with van der Waals surface area (Å²) in [7, 11) is 0. The Morgan fingerprint density at radius 3 is 2.50 bits per heavy atom. The predicted octanol–water partition coefficient (Wildman–Crippen LogP) is 3.00. The van der Waals surface area contributed by atoms with Crippen molar-refractivity contribution in [2.24, 2.45) is 5.92 Å². The molecule has 2 nitrogen and oxygen atoms in total. The van der Waals surface area contributed by atoms with Crippen LogP contribution in [-0.4, -0.2) is 11.9 Å². The number of benzene rings is 1. The maximum Gasteiger partial charge on any atom is 0.251 e. The third-order valence-corrected chi connectivity index (χ3v) is 3.50. The molecule has 0 saturated heterocycles. The Kier molecular flexibility index (Phi) is 3.60. The lowest BCUT2D eigenvalue weighted by Gasteiger charge is -2.20. The Morgan fingerprint density at radius 2 is 1.88 bits per heavy atom. The maximum absolute atomic E-state index is 11.9. The van der Waals surface area contributed by atoms with Gasteiger partial charge in [-0.1, -0.05) is 31.0 Å². The second kappa shape index (κ2) is 5.15. The lowest BCUT2D eigenvalue weighted by Crippen LogP contribution is -2.37. The van der Waals surface area contributed by atoms with Crippen LogP contribution in [0.2, 0.25) is 0 Å². The van der Waals surface area contributed by atoms with E-state index >= 15 is 0 Å². The van der Waals surface area contributed by atoms with Crippen molar-refractivity contribution in [3.63, 3.8) is 0 Å². The molecule has 0 radical (unpaired) electrons. The van der Waals surface area contributed by atoms with E-state index < -0.39 is 0 Å². The summed E-state index contributed by atoms with van der Waals surface area (Å²) in [6, 6.07) is 9.74. The van der Waals surface area contributed by atoms with Crippen LogP contribution in [0.4, 0.5) is 0 Å². The third kappa shape index (κ3) is 2.63. The standard InChI is InChI=1S/C14H19NO/c1-11(12-7-5-6-8-12)15-14(16)13-9-3-2-4-10-13/h2-4,9-12H,5-8H2,1H3,(H,15,16)/t11-/m1/s1. The Morgan fingerprint density at radius 1 is 1.25 bits per heavy atom. The highest BCUT2D eigenvalue weighted by Gasteiger charge is 2.22. The first kappa shape index (κ1) is 11.2. The fourth-order valence-corrected chi connectivity index (χ4v) is 2.45. The summed E-state index contributed by atoms with van der Waals surface area (Å²) in [6.45, 7) is 2.12. The van der Waals surface area contributed by atoms with E-state index in [0.29, 0.717) is 12.0 Å². The molecule has 0 spiro atoms. The van der Waals surface area contributed by atoms with E-state index in [4.69, 9.17) is 0 Å². The van der Waals surface area contributed by atoms with Crippen LogP contribution in [0.15, 0.2) is 30.3 Å². The normalized spacial score (nSPS) is 18.3. The molecule has 2 rings (SSSR count). The molecule has 1 saturated carbocycles. The molecule has 1 aliphatic rings. The molecule has 0 aliphatic heterocycles. The van der Waals surface area contributed by atoms with Gasteiger partial charge in [-0.15, -0.1) is 0 Å². The number of rotatable bonds is 3. The van der Waals surface area contributed by atoms with Crippen LogP contribution in [0, 0.1) is 5.92 Å². The first-order valence-electron chi connectivity index (χ1n) is 6.13. The van der Waals surface area contributed by atoms with Gasteiger partial charge in [0.15, 0.2) is 0 Å². The number of nitrogens with one attached hydrogen (secondary N) is 1. The summed E-state index contributed by atoms with van der Waals surface area (Å²) < 4.78 is 0. The van der Waals surface area contributed by atoms with Crippen LogP contribution in [0.5, 0.6) is 0 Å². The molecule has 1 aromatic rings. The van der Waals surface area contributed by atoms with Gasteiger partial charge in [-0.3, -0.25) is 4.79 Å². The van der Waals surface area contributed by atoms with E-state index in [1.807, 2.05) is 30.3 Å². The summed E-state index contributed by atoms with van der Waals surface area (Å²) in [6.07, 6.45) is 5.15. The van der Waals surface area contributed by atoms with E-state index in [-0.39, 0.29) is 5.91 Å². The number of carbonyl (C=O) groups excluding carboxylic acids is 1. The fraction of sp³-hybridized carbons (Fsp3) is 0.500. The number of hydrogen-bond acceptors (Lipinski definition) is 1. The lowest BCUT2D eigenvalue weighted by atomic mass is 9.99. The highest BCUT2D eigenvalue weighted by molar-refractivity contribution is 5.94. The van der Waals surface area contributed by atoms with Crippen molar-refractivity contribution in [3.8, 4) is 0 Å². The van der Waals surface area contributed by atoms with Gasteiger partial charge < -0.3 is 5.32 Å². The van der Waals surface area contributed by atoms with E-state index in [0.717, 1.165) is 5.56 Å². The molecule has 0 heterocycles. The Bertz CT molecular complexity index is 341. The van der Waals surface area contributed by atoms with Crippen molar-refractivity contribution < 1.29 is 4.79 Å². The minimum atomic E-state index is 0.0556. The molecule has 2 heteroatoms. The van der Waals surface area contributed by atoms with Gasteiger partial charge in [0.05, 0.1) is 0 Å². The van der Waals surface area contributed by atoms with Crippen LogP contribution in [0.3, 0.4) is 0 Å². The predicted molar refractivity (Wildman–Crippen MR) is 65.3 cm³/mol. The second-order valence-electron chi connectivity index (χ2n) is 4.67. The zero-order valence-corrected chi connectivity index (χ0v) is 9.78. The second-order valence-corrected chi connectivity index (χ2v) is 4.67. The van der Waals surface area contributed by atoms with Crippen molar-refractivity contribution in [3.05, 3.63) is 35.9 Å². The van der Waals surface area contributed by atoms with Crippen LogP contribution in [0.1, 0.15) is 43.0 Å². The van der Waals surface area contributed by atoms with E-state index in [2.05, 4.69) is 12.2 Å². The van der Waals surface area contributed by atoms with Crippen LogP contribution < -0.4 is 5.32 Å². The SMILES string of the molecule is C[C@@H](NC(=O)c1ccccc1)C1CCCC1. The van der Waals surface area contributed by atoms with Gasteiger partial charge in [-0.2, -0.15) is 0 Å². The maximum atomic E-state index is 11.9. The largest absolute Gasteiger partial charge is 0.349 e. The summed E-state index contributed by atoms with van der Waals surface area (Å²) >= 11 is 0. The summed E-state index contributed by atoms with van der Waals surface area (Å²) in [4.78, 5) is 11.9. The summed E-state index contributed by atoms with van der Waals surface area (Å²) in [5.41, 5.74) is 0.757. The molecule has 1 aliphatic carbocycles. The van der Waals surface area contributed by atoms with Crippen LogP contribution >= 0.6 is 0 Å². The molecule has 1 N–H and O–H groups in total. The van der Waals surface area contributed by atoms with Gasteiger partial charge in [-0.25, -0.2) is 0 Å². The molecule has 0 aromatic heterocycles. The topological polar surface area (TPSA) is 29.1 Å². The molecular formula is C14H19NO. The van der Waals surface area contributed by atoms with Crippen molar-refractivity contribution in [1.29, 1.82) is 0 Å². The highest BCUT2D eigenvalue weighted by Crippen LogP contribution is 2.27. The first-order valence-corrected chi connectivity index (χ1v) is 6.13. The lowest BCUT2D eigenvalue weighted by molar-refractivity contribution is 0.0927. The van der Waals surface area contributed by atoms with Gasteiger partial charge in [0.2, 0.25) is 0 Å². The average molecular weight is 217 g/mol. The molecule has 86 valence electrons. The van der Waals surface area contributed by atoms with Crippen molar-refractivity contribution in [2.45, 2.75) is 38.6 Å². The van der Waals surface area contributed by atoms with E-state index in [1.54, 1.807) is 0 Å². The fourth-order valence-electron chi connectivity index (χ4n) is 2.45. The molecule has 16 heavy (non-hydrogen) atoms.